The third-order valence-electron chi connectivity index (χ3n) is 11.8. The number of primary amides is 1. The predicted molar refractivity (Wildman–Crippen MR) is 249 cm³/mol. The highest BCUT2D eigenvalue weighted by molar-refractivity contribution is 7.80. The zero-order chi connectivity index (χ0) is 48.6. The van der Waals surface area contributed by atoms with Gasteiger partial charge in [0.1, 0.15) is 60.6 Å². The molecule has 1 rings (SSSR count). The lowest BCUT2D eigenvalue weighted by molar-refractivity contribution is -0.204. The van der Waals surface area contributed by atoms with Crippen molar-refractivity contribution in [1.29, 1.82) is 0 Å². The minimum atomic E-state index is -1.55. The van der Waals surface area contributed by atoms with E-state index in [0.717, 1.165) is 96.2 Å². The van der Waals surface area contributed by atoms with Crippen molar-refractivity contribution in [2.75, 3.05) is 6.61 Å². The molecule has 1 aliphatic heterocycles. The van der Waals surface area contributed by atoms with Gasteiger partial charge in [-0.3, -0.25) is 33.6 Å². The summed E-state index contributed by atoms with van der Waals surface area (Å²) < 4.78 is 17.4. The molecule has 9 atom stereocenters. The number of aliphatic carboxylic acids is 1. The SMILES string of the molecule is CCCCCCCCCCCC(=O)[C@H](CCCCCCCCCCCCC=O)CC(=O)OC[C@H]1O[C@@H](S)[C@H](NC(C)=O)[C@H](OC(C)C(=O)N[C@@H](C)C(=O)N[C@H](CCC(=O)O)C(N)=O)[C@@H]1O. The fraction of sp³-hybridized carbons (Fsp3) is 0.830. The number of nitrogens with one attached hydrogen (secondary N) is 3. The van der Waals surface area contributed by atoms with E-state index in [4.69, 9.17) is 25.1 Å². The van der Waals surface area contributed by atoms with Crippen molar-refractivity contribution in [2.45, 2.75) is 236 Å². The van der Waals surface area contributed by atoms with Crippen LogP contribution in [0.4, 0.5) is 0 Å². The summed E-state index contributed by atoms with van der Waals surface area (Å²) in [5.41, 5.74) is 4.22. The minimum Gasteiger partial charge on any atom is -0.481 e. The van der Waals surface area contributed by atoms with Gasteiger partial charge in [-0.15, -0.1) is 12.6 Å². The summed E-state index contributed by atoms with van der Waals surface area (Å²) in [5, 5.41) is 27.8. The average Bonchev–Trinajstić information content (AvgIpc) is 3.25. The number of rotatable bonds is 39. The second-order valence-electron chi connectivity index (χ2n) is 17.6. The quantitative estimate of drug-likeness (QED) is 0.0173. The molecule has 0 spiro atoms. The Bertz CT molecular complexity index is 1440. The molecule has 0 aromatic heterocycles. The van der Waals surface area contributed by atoms with Crippen LogP contribution in [-0.2, 0) is 52.6 Å². The van der Waals surface area contributed by atoms with Crippen LogP contribution in [0.3, 0.4) is 0 Å². The van der Waals surface area contributed by atoms with Gasteiger partial charge in [-0.25, -0.2) is 0 Å². The number of hydrogen-bond acceptors (Lipinski definition) is 13. The number of aliphatic hydroxyl groups excluding tert-OH is 1. The molecule has 0 radical (unpaired) electrons. The zero-order valence-corrected chi connectivity index (χ0v) is 40.5. The van der Waals surface area contributed by atoms with E-state index < -0.39 is 102 Å². The van der Waals surface area contributed by atoms with E-state index in [9.17, 15) is 43.5 Å². The number of carboxylic acids is 1. The van der Waals surface area contributed by atoms with E-state index in [0.29, 0.717) is 19.3 Å². The van der Waals surface area contributed by atoms with Crippen molar-refractivity contribution in [3.8, 4) is 0 Å². The molecule has 0 aromatic carbocycles. The predicted octanol–water partition coefficient (Wildman–Crippen LogP) is 5.54. The number of ketones is 1. The third kappa shape index (κ3) is 27.0. The van der Waals surface area contributed by atoms with Crippen molar-refractivity contribution in [3.05, 3.63) is 0 Å². The van der Waals surface area contributed by atoms with Crippen LogP contribution < -0.4 is 21.7 Å². The Hall–Kier alpha value is -3.61. The highest BCUT2D eigenvalue weighted by atomic mass is 32.1. The van der Waals surface area contributed by atoms with Crippen LogP contribution in [0.5, 0.6) is 0 Å². The first kappa shape index (κ1) is 59.4. The number of aliphatic hydroxyl groups is 1. The molecule has 65 heavy (non-hydrogen) atoms. The molecule has 1 aliphatic rings. The smallest absolute Gasteiger partial charge is 0.306 e. The lowest BCUT2D eigenvalue weighted by atomic mass is 9.90. The molecule has 17 nitrogen and oxygen atoms in total. The van der Waals surface area contributed by atoms with E-state index >= 15 is 0 Å². The molecule has 0 aromatic rings. The topological polar surface area (TPSA) is 267 Å². The first-order valence-electron chi connectivity index (χ1n) is 24.2. The maximum Gasteiger partial charge on any atom is 0.306 e. The van der Waals surface area contributed by atoms with Crippen molar-refractivity contribution >= 4 is 60.3 Å². The summed E-state index contributed by atoms with van der Waals surface area (Å²) >= 11 is 4.47. The van der Waals surface area contributed by atoms with Crippen molar-refractivity contribution in [1.82, 2.24) is 16.0 Å². The standard InChI is InChI=1S/C47H82N4O13S/c1-5-6-7-8-9-13-17-20-23-26-37(54)35(25-22-19-16-14-11-10-12-15-18-21-24-29-52)30-40(57)62-31-38-42(58)43(41(47(65)64-38)50-34(4)53)63-33(3)46(61)49-32(2)45(60)51-36(44(48)59)27-28-39(55)56/h29,32-33,35-36,38,41-43,47,58,65H,5-28,30-31H2,1-4H3,(H2,48,59)(H,49,61)(H,50,53)(H,51,60)(H,55,56)/t32-,33?,35+,36+,38+,41+,42+,43-,47-/m0/s1. The molecule has 4 amide bonds. The second kappa shape index (κ2) is 35.6. The number of ether oxygens (including phenoxy) is 3. The van der Waals surface area contributed by atoms with E-state index in [2.05, 4.69) is 35.5 Å². The first-order valence-corrected chi connectivity index (χ1v) is 24.7. The fourth-order valence-corrected chi connectivity index (χ4v) is 8.22. The van der Waals surface area contributed by atoms with Crippen LogP contribution in [0.25, 0.3) is 0 Å². The van der Waals surface area contributed by atoms with Gasteiger partial charge >= 0.3 is 11.9 Å². The molecule has 0 saturated carbocycles. The van der Waals surface area contributed by atoms with Crippen LogP contribution in [0.1, 0.15) is 188 Å². The summed E-state index contributed by atoms with van der Waals surface area (Å²) in [7, 11) is 0. The Kier molecular flexibility index (Phi) is 32.5. The van der Waals surface area contributed by atoms with Gasteiger partial charge in [-0.05, 0) is 39.5 Å². The number of hydrogen-bond donors (Lipinski definition) is 7. The van der Waals surface area contributed by atoms with E-state index in [1.54, 1.807) is 0 Å². The molecular weight excluding hydrogens is 861 g/mol. The maximum absolute atomic E-state index is 13.5. The van der Waals surface area contributed by atoms with Crippen LogP contribution in [-0.4, -0.2) is 112 Å². The first-order chi connectivity index (χ1) is 31.0. The number of thiol groups is 1. The van der Waals surface area contributed by atoms with Gasteiger partial charge in [-0.1, -0.05) is 116 Å². The number of carbonyl (C=O) groups excluding carboxylic acids is 7. The van der Waals surface area contributed by atoms with Crippen LogP contribution in [0, 0.1) is 5.92 Å². The molecule has 1 saturated heterocycles. The lowest BCUT2D eigenvalue weighted by Crippen LogP contribution is -2.64. The Balaban J connectivity index is 2.88. The van der Waals surface area contributed by atoms with E-state index in [-0.39, 0.29) is 18.6 Å². The van der Waals surface area contributed by atoms with Gasteiger partial charge in [0.05, 0.1) is 12.5 Å². The third-order valence-corrected chi connectivity index (χ3v) is 12.2. The summed E-state index contributed by atoms with van der Waals surface area (Å²) in [5.74, 6) is -5.35. The van der Waals surface area contributed by atoms with Crippen LogP contribution in [0.15, 0.2) is 0 Å². The highest BCUT2D eigenvalue weighted by Gasteiger charge is 2.47. The normalized spacial score (nSPS) is 20.1. The number of carboxylic acid groups (broad SMARTS) is 1. The molecule has 374 valence electrons. The second-order valence-corrected chi connectivity index (χ2v) is 18.1. The number of Topliss-reactive ketones (excluding diaryl/α,β-unsaturated/α-hetero) is 1. The summed E-state index contributed by atoms with van der Waals surface area (Å²) in [6.45, 7) is 5.68. The fourth-order valence-electron chi connectivity index (χ4n) is 7.82. The Morgan fingerprint density at radius 2 is 1.32 bits per heavy atom. The Labute approximate surface area is 392 Å². The summed E-state index contributed by atoms with van der Waals surface area (Å²) in [4.78, 5) is 98.2. The molecule has 18 heteroatoms. The van der Waals surface area contributed by atoms with Gasteiger partial charge in [-0.2, -0.15) is 0 Å². The number of esters is 1. The number of aldehydes is 1. The molecule has 1 heterocycles. The Morgan fingerprint density at radius 3 is 1.86 bits per heavy atom. The van der Waals surface area contributed by atoms with Crippen LogP contribution in [0.2, 0.25) is 0 Å². The van der Waals surface area contributed by atoms with Gasteiger partial charge in [0, 0.05) is 32.1 Å². The highest BCUT2D eigenvalue weighted by Crippen LogP contribution is 2.28. The van der Waals surface area contributed by atoms with Gasteiger partial charge < -0.3 is 50.9 Å². The molecule has 7 N–H and O–H groups in total. The van der Waals surface area contributed by atoms with Crippen molar-refractivity contribution < 1.29 is 62.8 Å². The molecule has 0 bridgehead atoms. The van der Waals surface area contributed by atoms with Crippen LogP contribution >= 0.6 is 12.6 Å². The minimum absolute atomic E-state index is 0.0420. The van der Waals surface area contributed by atoms with Gasteiger partial charge in [0.2, 0.25) is 23.6 Å². The van der Waals surface area contributed by atoms with E-state index in [1.807, 2.05) is 0 Å². The van der Waals surface area contributed by atoms with E-state index in [1.165, 1.54) is 52.9 Å². The largest absolute Gasteiger partial charge is 0.481 e. The number of amides is 4. The average molecular weight is 943 g/mol. The van der Waals surface area contributed by atoms with Crippen molar-refractivity contribution in [2.24, 2.45) is 11.7 Å². The summed E-state index contributed by atoms with van der Waals surface area (Å²) in [6, 6.07) is -3.58. The number of unbranched alkanes of at least 4 members (excludes halogenated alkanes) is 18. The molecule has 1 fully saturated rings. The van der Waals surface area contributed by atoms with Gasteiger partial charge in [0.25, 0.3) is 0 Å². The zero-order valence-electron chi connectivity index (χ0n) is 39.6. The number of carbonyl (C=O) groups is 8. The lowest BCUT2D eigenvalue weighted by Gasteiger charge is -2.43. The number of nitrogens with two attached hydrogens (primary N) is 1. The molecule has 0 aliphatic carbocycles. The Morgan fingerprint density at radius 1 is 0.769 bits per heavy atom. The maximum atomic E-state index is 13.5. The molecular formula is C47H82N4O13S. The summed E-state index contributed by atoms with van der Waals surface area (Å²) in [6.07, 6.45) is 17.1. The molecule has 1 unspecified atom stereocenters. The van der Waals surface area contributed by atoms with Gasteiger partial charge in [0.15, 0.2) is 0 Å². The van der Waals surface area contributed by atoms with Crippen molar-refractivity contribution in [3.63, 3.8) is 0 Å². The monoisotopic (exact) mass is 943 g/mol.